The molecule has 6 heteroatoms. The highest BCUT2D eigenvalue weighted by atomic mass is 19.1. The fourth-order valence-electron chi connectivity index (χ4n) is 2.85. The van der Waals surface area contributed by atoms with Gasteiger partial charge in [-0.25, -0.2) is 14.4 Å². The monoisotopic (exact) mass is 334 g/mol. The number of nitrogens with one attached hydrogen (secondary N) is 2. The van der Waals surface area contributed by atoms with Gasteiger partial charge < -0.3 is 10.6 Å². The Balaban J connectivity index is 1.79. The van der Waals surface area contributed by atoms with Crippen LogP contribution >= 0.6 is 0 Å². The summed E-state index contributed by atoms with van der Waals surface area (Å²) in [6, 6.07) is 12.3. The minimum Gasteiger partial charge on any atom is -0.325 e. The average Bonchev–Trinajstić information content (AvgIpc) is 2.73. The predicted molar refractivity (Wildman–Crippen MR) is 94.2 cm³/mol. The van der Waals surface area contributed by atoms with Gasteiger partial charge in [0.2, 0.25) is 11.9 Å². The lowest BCUT2D eigenvalue weighted by atomic mass is 10.1. The van der Waals surface area contributed by atoms with Crippen LogP contribution in [0.15, 0.2) is 48.7 Å². The van der Waals surface area contributed by atoms with Crippen molar-refractivity contribution in [2.24, 2.45) is 0 Å². The summed E-state index contributed by atoms with van der Waals surface area (Å²) < 4.78 is 14.0. The molecule has 0 radical (unpaired) electrons. The summed E-state index contributed by atoms with van der Waals surface area (Å²) in [4.78, 5) is 20.8. The van der Waals surface area contributed by atoms with Gasteiger partial charge in [-0.2, -0.15) is 0 Å². The largest absolute Gasteiger partial charge is 0.325 e. The summed E-state index contributed by atoms with van der Waals surface area (Å²) in [5, 5.41) is 5.79. The third-order valence-corrected chi connectivity index (χ3v) is 4.04. The molecular formula is C19H15FN4O. The summed E-state index contributed by atoms with van der Waals surface area (Å²) in [6.07, 6.45) is 1.81. The molecule has 3 aromatic rings. The molecule has 25 heavy (non-hydrogen) atoms. The van der Waals surface area contributed by atoms with Crippen LogP contribution in [0.5, 0.6) is 0 Å². The number of anilines is 3. The smallest absolute Gasteiger partial charge is 0.228 e. The zero-order chi connectivity index (χ0) is 17.4. The number of rotatable bonds is 2. The lowest BCUT2D eigenvalue weighted by molar-refractivity contribution is -0.115. The lowest BCUT2D eigenvalue weighted by Crippen LogP contribution is -2.12. The van der Waals surface area contributed by atoms with Gasteiger partial charge >= 0.3 is 0 Å². The Hall–Kier alpha value is -3.28. The van der Waals surface area contributed by atoms with Crippen molar-refractivity contribution in [2.75, 3.05) is 10.6 Å². The maximum Gasteiger partial charge on any atom is 0.228 e. The van der Waals surface area contributed by atoms with Gasteiger partial charge in [-0.3, -0.25) is 4.79 Å². The SMILES string of the molecule is Cc1ccc(F)c(Nc2ncc3c(n2)-c2ccccc2NC(=O)C3)c1. The van der Waals surface area contributed by atoms with Gasteiger partial charge in [0.1, 0.15) is 5.82 Å². The van der Waals surface area contributed by atoms with Crippen molar-refractivity contribution in [1.82, 2.24) is 9.97 Å². The third-order valence-electron chi connectivity index (χ3n) is 4.04. The van der Waals surface area contributed by atoms with Crippen molar-refractivity contribution in [2.45, 2.75) is 13.3 Å². The summed E-state index contributed by atoms with van der Waals surface area (Å²) in [7, 11) is 0. The van der Waals surface area contributed by atoms with E-state index >= 15 is 0 Å². The molecule has 0 bridgehead atoms. The molecule has 1 aromatic heterocycles. The van der Waals surface area contributed by atoms with Crippen LogP contribution in [0.1, 0.15) is 11.1 Å². The first-order valence-corrected chi connectivity index (χ1v) is 7.88. The van der Waals surface area contributed by atoms with Crippen molar-refractivity contribution in [3.8, 4) is 11.3 Å². The van der Waals surface area contributed by atoms with Gasteiger partial charge in [0.25, 0.3) is 0 Å². The van der Waals surface area contributed by atoms with Crippen molar-refractivity contribution in [3.05, 3.63) is 65.6 Å². The normalized spacial score (nSPS) is 12.6. The number of carbonyl (C=O) groups excluding carboxylic acids is 1. The highest BCUT2D eigenvalue weighted by molar-refractivity contribution is 5.99. The minimum atomic E-state index is -0.374. The van der Waals surface area contributed by atoms with Crippen LogP contribution in [-0.4, -0.2) is 15.9 Å². The maximum absolute atomic E-state index is 14.0. The van der Waals surface area contributed by atoms with E-state index in [4.69, 9.17) is 0 Å². The Morgan fingerprint density at radius 3 is 2.92 bits per heavy atom. The Morgan fingerprint density at radius 2 is 2.04 bits per heavy atom. The fraction of sp³-hybridized carbons (Fsp3) is 0.105. The number of halogens is 1. The second kappa shape index (κ2) is 5.98. The molecule has 0 aliphatic carbocycles. The molecule has 5 nitrogen and oxygen atoms in total. The summed E-state index contributed by atoms with van der Waals surface area (Å²) >= 11 is 0. The Morgan fingerprint density at radius 1 is 1.20 bits per heavy atom. The van der Waals surface area contributed by atoms with Crippen molar-refractivity contribution >= 4 is 23.2 Å². The molecule has 0 atom stereocenters. The van der Waals surface area contributed by atoms with Crippen LogP contribution < -0.4 is 10.6 Å². The zero-order valence-corrected chi connectivity index (χ0v) is 13.5. The molecule has 0 saturated carbocycles. The topological polar surface area (TPSA) is 66.9 Å². The number of fused-ring (bicyclic) bond motifs is 3. The van der Waals surface area contributed by atoms with Gasteiger partial charge in [-0.15, -0.1) is 0 Å². The van der Waals surface area contributed by atoms with Crippen LogP contribution in [0.3, 0.4) is 0 Å². The molecule has 1 aliphatic rings. The molecule has 2 aromatic carbocycles. The van der Waals surface area contributed by atoms with E-state index in [0.29, 0.717) is 17.1 Å². The van der Waals surface area contributed by atoms with Crippen molar-refractivity contribution in [1.29, 1.82) is 0 Å². The number of amides is 1. The van der Waals surface area contributed by atoms with E-state index in [0.717, 1.165) is 16.7 Å². The Kier molecular flexibility index (Phi) is 3.65. The summed E-state index contributed by atoms with van der Waals surface area (Å²) in [5.74, 6) is -0.200. The molecular weight excluding hydrogens is 319 g/mol. The average molecular weight is 334 g/mol. The molecule has 0 fully saturated rings. The van der Waals surface area contributed by atoms with Gasteiger partial charge in [-0.1, -0.05) is 24.3 Å². The van der Waals surface area contributed by atoms with E-state index in [9.17, 15) is 9.18 Å². The van der Waals surface area contributed by atoms with Gasteiger partial charge in [0.15, 0.2) is 0 Å². The van der Waals surface area contributed by atoms with E-state index in [2.05, 4.69) is 20.6 Å². The maximum atomic E-state index is 14.0. The van der Waals surface area contributed by atoms with E-state index in [1.807, 2.05) is 31.2 Å². The van der Waals surface area contributed by atoms with E-state index in [1.54, 1.807) is 18.3 Å². The number of aryl methyl sites for hydroxylation is 1. The quantitative estimate of drug-likeness (QED) is 0.747. The van der Waals surface area contributed by atoms with Crippen LogP contribution in [0.2, 0.25) is 0 Å². The predicted octanol–water partition coefficient (Wildman–Crippen LogP) is 3.83. The summed E-state index contributed by atoms with van der Waals surface area (Å²) in [6.45, 7) is 1.88. The lowest BCUT2D eigenvalue weighted by Gasteiger charge is -2.11. The van der Waals surface area contributed by atoms with Gasteiger partial charge in [-0.05, 0) is 30.7 Å². The summed E-state index contributed by atoms with van der Waals surface area (Å²) in [5.41, 5.74) is 4.17. The second-order valence-corrected chi connectivity index (χ2v) is 5.95. The van der Waals surface area contributed by atoms with Crippen molar-refractivity contribution in [3.63, 3.8) is 0 Å². The number of hydrogen-bond donors (Lipinski definition) is 2. The first-order valence-electron chi connectivity index (χ1n) is 7.88. The number of nitrogens with zero attached hydrogens (tertiary/aromatic N) is 2. The molecule has 0 saturated heterocycles. The van der Waals surface area contributed by atoms with Gasteiger partial charge in [0, 0.05) is 17.3 Å². The number of aromatic nitrogens is 2. The molecule has 0 spiro atoms. The second-order valence-electron chi connectivity index (χ2n) is 5.95. The highest BCUT2D eigenvalue weighted by Crippen LogP contribution is 2.33. The number of hydrogen-bond acceptors (Lipinski definition) is 4. The molecule has 124 valence electrons. The van der Waals surface area contributed by atoms with Gasteiger partial charge in [0.05, 0.1) is 23.5 Å². The van der Waals surface area contributed by atoms with Crippen molar-refractivity contribution < 1.29 is 9.18 Å². The van der Waals surface area contributed by atoms with Crippen LogP contribution in [0.25, 0.3) is 11.3 Å². The zero-order valence-electron chi connectivity index (χ0n) is 13.5. The third kappa shape index (κ3) is 2.94. The number of para-hydroxylation sites is 1. The molecule has 2 N–H and O–H groups in total. The van der Waals surface area contributed by atoms with E-state index < -0.39 is 0 Å². The minimum absolute atomic E-state index is 0.111. The first kappa shape index (κ1) is 15.3. The van der Waals surface area contributed by atoms with E-state index in [1.165, 1.54) is 6.07 Å². The number of carbonyl (C=O) groups is 1. The van der Waals surface area contributed by atoms with Crippen LogP contribution in [0, 0.1) is 12.7 Å². The molecule has 1 amide bonds. The molecule has 1 aliphatic heterocycles. The first-order chi connectivity index (χ1) is 12.1. The highest BCUT2D eigenvalue weighted by Gasteiger charge is 2.20. The molecule has 2 heterocycles. The van der Waals surface area contributed by atoms with E-state index in [-0.39, 0.29) is 24.1 Å². The fourth-order valence-corrected chi connectivity index (χ4v) is 2.85. The standard InChI is InChI=1S/C19H15FN4O/c1-11-6-7-14(20)16(8-11)23-19-21-10-12-9-17(25)22-15-5-3-2-4-13(15)18(12)24-19/h2-8,10H,9H2,1H3,(H,22,25)(H,21,23,24). The van der Waals surface area contributed by atoms with Crippen LogP contribution in [0.4, 0.5) is 21.7 Å². The Bertz CT molecular complexity index is 987. The Labute approximate surface area is 144 Å². The number of benzene rings is 2. The molecule has 4 rings (SSSR count). The molecule has 0 unspecified atom stereocenters. The van der Waals surface area contributed by atoms with Crippen LogP contribution in [-0.2, 0) is 11.2 Å².